The average Bonchev–Trinajstić information content (AvgIpc) is 2.15. The zero-order chi connectivity index (χ0) is 10.6. The minimum atomic E-state index is -0.420. The van der Waals surface area contributed by atoms with Gasteiger partial charge in [-0.2, -0.15) is 0 Å². The quantitative estimate of drug-likeness (QED) is 0.512. The highest BCUT2D eigenvalue weighted by molar-refractivity contribution is 9.10. The highest BCUT2D eigenvalue weighted by Gasteiger charge is 2.14. The van der Waals surface area contributed by atoms with Crippen molar-refractivity contribution in [1.29, 1.82) is 0 Å². The number of hydrogen-bond donors (Lipinski definition) is 1. The molecule has 0 spiro atoms. The predicted molar refractivity (Wildman–Crippen MR) is 59.5 cm³/mol. The lowest BCUT2D eigenvalue weighted by Crippen LogP contribution is -2.02. The van der Waals surface area contributed by atoms with Crippen molar-refractivity contribution >= 4 is 27.3 Å². The third kappa shape index (κ3) is 2.32. The van der Waals surface area contributed by atoms with Gasteiger partial charge in [0.15, 0.2) is 0 Å². The van der Waals surface area contributed by atoms with Gasteiger partial charge in [0, 0.05) is 17.1 Å². The van der Waals surface area contributed by atoms with Crippen molar-refractivity contribution in [3.63, 3.8) is 0 Å². The molecule has 0 unspecified atom stereocenters. The summed E-state index contributed by atoms with van der Waals surface area (Å²) in [6.07, 6.45) is 1.64. The van der Waals surface area contributed by atoms with Crippen molar-refractivity contribution in [2.45, 2.75) is 0 Å². The maximum Gasteiger partial charge on any atom is 0.293 e. The summed E-state index contributed by atoms with van der Waals surface area (Å²) in [7, 11) is 0. The predicted octanol–water partition coefficient (Wildman–Crippen LogP) is 2.96. The highest BCUT2D eigenvalue weighted by atomic mass is 79.9. The van der Waals surface area contributed by atoms with Crippen LogP contribution in [0.5, 0.6) is 0 Å². The van der Waals surface area contributed by atoms with Crippen molar-refractivity contribution in [3.8, 4) is 0 Å². The molecule has 0 atom stereocenters. The first-order valence-electron chi connectivity index (χ1n) is 3.94. The van der Waals surface area contributed by atoms with Crippen LogP contribution in [0.3, 0.4) is 0 Å². The molecular formula is C9H9BrN2O2. The third-order valence-electron chi connectivity index (χ3n) is 1.61. The lowest BCUT2D eigenvalue weighted by Gasteiger charge is -2.06. The maximum absolute atomic E-state index is 10.7. The molecule has 0 aliphatic rings. The molecular weight excluding hydrogens is 248 g/mol. The molecule has 0 aliphatic carbocycles. The molecule has 14 heavy (non-hydrogen) atoms. The van der Waals surface area contributed by atoms with Gasteiger partial charge in [-0.15, -0.1) is 6.58 Å². The number of para-hydroxylation sites is 1. The van der Waals surface area contributed by atoms with Crippen LogP contribution in [0.4, 0.5) is 11.4 Å². The Balaban J connectivity index is 3.08. The fourth-order valence-corrected chi connectivity index (χ4v) is 1.51. The second-order valence-corrected chi connectivity index (χ2v) is 3.41. The molecule has 0 heterocycles. The molecule has 1 rings (SSSR count). The van der Waals surface area contributed by atoms with Gasteiger partial charge < -0.3 is 5.32 Å². The van der Waals surface area contributed by atoms with Crippen molar-refractivity contribution in [3.05, 3.63) is 45.4 Å². The van der Waals surface area contributed by atoms with Crippen molar-refractivity contribution in [1.82, 2.24) is 0 Å². The Hall–Kier alpha value is -1.36. The standard InChI is InChI=1S/C9H9BrN2O2/c1-2-6-11-9-7(10)4-3-5-8(9)12(13)14/h2-5,11H,1,6H2. The van der Waals surface area contributed by atoms with Gasteiger partial charge in [0.05, 0.1) is 4.92 Å². The number of nitrogens with zero attached hydrogens (tertiary/aromatic N) is 1. The van der Waals surface area contributed by atoms with Crippen LogP contribution in [0.1, 0.15) is 0 Å². The van der Waals surface area contributed by atoms with Gasteiger partial charge in [0.2, 0.25) is 0 Å². The summed E-state index contributed by atoms with van der Waals surface area (Å²) in [6.45, 7) is 4.02. The number of nitro benzene ring substituents is 1. The summed E-state index contributed by atoms with van der Waals surface area (Å²) >= 11 is 3.24. The van der Waals surface area contributed by atoms with E-state index in [1.165, 1.54) is 6.07 Å². The van der Waals surface area contributed by atoms with E-state index in [0.717, 1.165) is 0 Å². The summed E-state index contributed by atoms with van der Waals surface area (Å²) in [5.41, 5.74) is 0.540. The molecule has 0 saturated carbocycles. The molecule has 1 N–H and O–H groups in total. The summed E-state index contributed by atoms with van der Waals surface area (Å²) in [5, 5.41) is 13.6. The van der Waals surface area contributed by atoms with E-state index in [-0.39, 0.29) is 5.69 Å². The van der Waals surface area contributed by atoms with Crippen LogP contribution in [0.15, 0.2) is 35.3 Å². The van der Waals surface area contributed by atoms with Crippen LogP contribution in [0.2, 0.25) is 0 Å². The number of nitro groups is 1. The van der Waals surface area contributed by atoms with Crippen LogP contribution < -0.4 is 5.32 Å². The smallest absolute Gasteiger partial charge is 0.293 e. The maximum atomic E-state index is 10.7. The topological polar surface area (TPSA) is 55.2 Å². The second kappa shape index (κ2) is 4.76. The van der Waals surface area contributed by atoms with Crippen molar-refractivity contribution in [2.75, 3.05) is 11.9 Å². The van der Waals surface area contributed by atoms with Crippen LogP contribution in [-0.4, -0.2) is 11.5 Å². The van der Waals surface area contributed by atoms with E-state index in [4.69, 9.17) is 0 Å². The SMILES string of the molecule is C=CCNc1c(Br)cccc1[N+](=O)[O-]. The number of rotatable bonds is 4. The van der Waals surface area contributed by atoms with E-state index in [9.17, 15) is 10.1 Å². The van der Waals surface area contributed by atoms with Crippen LogP contribution in [0.25, 0.3) is 0 Å². The first kappa shape index (κ1) is 10.7. The Morgan fingerprint density at radius 2 is 2.36 bits per heavy atom. The van der Waals surface area contributed by atoms with E-state index in [2.05, 4.69) is 27.8 Å². The van der Waals surface area contributed by atoms with E-state index in [0.29, 0.717) is 16.7 Å². The summed E-state index contributed by atoms with van der Waals surface area (Å²) < 4.78 is 0.675. The Morgan fingerprint density at radius 3 is 2.93 bits per heavy atom. The minimum Gasteiger partial charge on any atom is -0.375 e. The van der Waals surface area contributed by atoms with Crippen molar-refractivity contribution in [2.24, 2.45) is 0 Å². The number of nitrogens with one attached hydrogen (secondary N) is 1. The minimum absolute atomic E-state index is 0.0567. The molecule has 1 aromatic rings. The van der Waals surface area contributed by atoms with Gasteiger partial charge in [-0.05, 0) is 22.0 Å². The normalized spacial score (nSPS) is 9.50. The van der Waals surface area contributed by atoms with E-state index in [1.54, 1.807) is 18.2 Å². The number of anilines is 1. The lowest BCUT2D eigenvalue weighted by molar-refractivity contribution is -0.384. The largest absolute Gasteiger partial charge is 0.375 e. The Morgan fingerprint density at radius 1 is 1.64 bits per heavy atom. The Labute approximate surface area is 89.9 Å². The van der Waals surface area contributed by atoms with Crippen LogP contribution >= 0.6 is 15.9 Å². The fourth-order valence-electron chi connectivity index (χ4n) is 1.01. The molecule has 0 fully saturated rings. The summed E-state index contributed by atoms with van der Waals surface area (Å²) in [5.74, 6) is 0. The summed E-state index contributed by atoms with van der Waals surface area (Å²) in [4.78, 5) is 10.2. The fraction of sp³-hybridized carbons (Fsp3) is 0.111. The van der Waals surface area contributed by atoms with Gasteiger partial charge in [0.25, 0.3) is 5.69 Å². The van der Waals surface area contributed by atoms with Gasteiger partial charge in [-0.1, -0.05) is 12.1 Å². The second-order valence-electron chi connectivity index (χ2n) is 2.56. The Bertz CT molecular complexity index is 366. The zero-order valence-corrected chi connectivity index (χ0v) is 8.95. The van der Waals surface area contributed by atoms with Gasteiger partial charge in [-0.3, -0.25) is 10.1 Å². The molecule has 5 heteroatoms. The number of benzene rings is 1. The molecule has 0 bridgehead atoms. The molecule has 0 amide bonds. The van der Waals surface area contributed by atoms with Crippen LogP contribution in [0, 0.1) is 10.1 Å². The first-order valence-corrected chi connectivity index (χ1v) is 4.73. The molecule has 0 aromatic heterocycles. The van der Waals surface area contributed by atoms with Gasteiger partial charge in [0.1, 0.15) is 5.69 Å². The molecule has 0 aliphatic heterocycles. The van der Waals surface area contributed by atoms with Gasteiger partial charge >= 0.3 is 0 Å². The third-order valence-corrected chi connectivity index (χ3v) is 2.27. The molecule has 0 radical (unpaired) electrons. The average molecular weight is 257 g/mol. The van der Waals surface area contributed by atoms with E-state index >= 15 is 0 Å². The summed E-state index contributed by atoms with van der Waals surface area (Å²) in [6, 6.07) is 4.83. The molecule has 74 valence electrons. The van der Waals surface area contributed by atoms with E-state index in [1.807, 2.05) is 0 Å². The Kier molecular flexibility index (Phi) is 3.64. The van der Waals surface area contributed by atoms with E-state index < -0.39 is 4.92 Å². The number of hydrogen-bond acceptors (Lipinski definition) is 3. The molecule has 1 aromatic carbocycles. The van der Waals surface area contributed by atoms with Gasteiger partial charge in [-0.25, -0.2) is 0 Å². The molecule has 0 saturated heterocycles. The highest BCUT2D eigenvalue weighted by Crippen LogP contribution is 2.31. The molecule has 4 nitrogen and oxygen atoms in total. The lowest BCUT2D eigenvalue weighted by atomic mass is 10.2. The van der Waals surface area contributed by atoms with Crippen molar-refractivity contribution < 1.29 is 4.92 Å². The van der Waals surface area contributed by atoms with Crippen LogP contribution in [-0.2, 0) is 0 Å². The zero-order valence-electron chi connectivity index (χ0n) is 7.37. The number of halogens is 1. The first-order chi connectivity index (χ1) is 6.66. The monoisotopic (exact) mass is 256 g/mol.